The Bertz CT molecular complexity index is 532. The van der Waals surface area contributed by atoms with Crippen molar-refractivity contribution in [3.8, 4) is 0 Å². The van der Waals surface area contributed by atoms with Crippen LogP contribution in [0.3, 0.4) is 0 Å². The fourth-order valence-electron chi connectivity index (χ4n) is 2.96. The number of rotatable bonds is 1. The lowest BCUT2D eigenvalue weighted by Gasteiger charge is -2.26. The Morgan fingerprint density at radius 3 is 3.00 bits per heavy atom. The number of aromatic amines is 1. The van der Waals surface area contributed by atoms with Gasteiger partial charge in [-0.05, 0) is 71.5 Å². The average molecular weight is 340 g/mol. The van der Waals surface area contributed by atoms with Crippen LogP contribution in [-0.2, 0) is 0 Å². The highest BCUT2D eigenvalue weighted by Gasteiger charge is 2.22. The minimum atomic E-state index is 0.390. The minimum Gasteiger partial charge on any atom is -0.361 e. The van der Waals surface area contributed by atoms with E-state index in [2.05, 4.69) is 52.0 Å². The zero-order chi connectivity index (χ0) is 11.8. The van der Waals surface area contributed by atoms with Gasteiger partial charge >= 0.3 is 0 Å². The molecule has 3 rings (SSSR count). The molecule has 0 saturated heterocycles. The summed E-state index contributed by atoms with van der Waals surface area (Å²) in [6, 6.07) is 6.99. The van der Waals surface area contributed by atoms with Gasteiger partial charge in [0.25, 0.3) is 0 Å². The molecule has 1 aliphatic carbocycles. The van der Waals surface area contributed by atoms with E-state index in [0.29, 0.717) is 12.0 Å². The smallest absolute Gasteiger partial charge is 0.0457 e. The summed E-state index contributed by atoms with van der Waals surface area (Å²) in [5, 5.41) is 1.39. The van der Waals surface area contributed by atoms with Gasteiger partial charge in [-0.15, -0.1) is 0 Å². The number of nitrogens with one attached hydrogen (secondary N) is 1. The lowest BCUT2D eigenvalue weighted by atomic mass is 9.81. The maximum atomic E-state index is 6.09. The number of hydrogen-bond donors (Lipinski definition) is 2. The molecule has 3 heteroatoms. The van der Waals surface area contributed by atoms with Gasteiger partial charge in [0.15, 0.2) is 0 Å². The van der Waals surface area contributed by atoms with E-state index in [-0.39, 0.29) is 0 Å². The van der Waals surface area contributed by atoms with E-state index in [1.165, 1.54) is 39.3 Å². The van der Waals surface area contributed by atoms with Gasteiger partial charge in [-0.1, -0.05) is 6.42 Å². The van der Waals surface area contributed by atoms with Crippen molar-refractivity contribution in [3.63, 3.8) is 0 Å². The van der Waals surface area contributed by atoms with E-state index in [9.17, 15) is 0 Å². The molecule has 3 N–H and O–H groups in total. The number of H-pyrrole nitrogens is 1. The van der Waals surface area contributed by atoms with Crippen LogP contribution in [0.25, 0.3) is 10.9 Å². The maximum absolute atomic E-state index is 6.09. The molecule has 90 valence electrons. The van der Waals surface area contributed by atoms with Crippen LogP contribution in [0, 0.1) is 3.57 Å². The second-order valence-electron chi connectivity index (χ2n) is 5.06. The largest absolute Gasteiger partial charge is 0.361 e. The van der Waals surface area contributed by atoms with Crippen molar-refractivity contribution in [3.05, 3.63) is 33.5 Å². The predicted octanol–water partition coefficient (Wildman–Crippen LogP) is 3.76. The Labute approximate surface area is 115 Å². The number of halogens is 1. The summed E-state index contributed by atoms with van der Waals surface area (Å²) in [5.41, 5.74) is 8.81. The van der Waals surface area contributed by atoms with Crippen LogP contribution in [0.2, 0.25) is 0 Å². The first kappa shape index (κ1) is 11.5. The van der Waals surface area contributed by atoms with Gasteiger partial charge in [0.05, 0.1) is 0 Å². The topological polar surface area (TPSA) is 41.8 Å². The quantitative estimate of drug-likeness (QED) is 0.763. The van der Waals surface area contributed by atoms with E-state index in [1.807, 2.05) is 0 Å². The fourth-order valence-corrected chi connectivity index (χ4v) is 3.45. The summed E-state index contributed by atoms with van der Waals surface area (Å²) >= 11 is 2.38. The molecule has 1 aromatic carbocycles. The SMILES string of the molecule is NC1CCCC(c2c[nH]c3ccc(I)cc23)C1. The van der Waals surface area contributed by atoms with Crippen LogP contribution >= 0.6 is 22.6 Å². The summed E-state index contributed by atoms with van der Waals surface area (Å²) in [7, 11) is 0. The molecule has 1 fully saturated rings. The first-order chi connectivity index (χ1) is 8.24. The fraction of sp³-hybridized carbons (Fsp3) is 0.429. The third kappa shape index (κ3) is 2.22. The molecule has 0 bridgehead atoms. The molecular weight excluding hydrogens is 323 g/mol. The number of hydrogen-bond acceptors (Lipinski definition) is 1. The Morgan fingerprint density at radius 1 is 1.29 bits per heavy atom. The van der Waals surface area contributed by atoms with E-state index in [1.54, 1.807) is 0 Å². The van der Waals surface area contributed by atoms with Gasteiger partial charge in [0.1, 0.15) is 0 Å². The highest BCUT2D eigenvalue weighted by molar-refractivity contribution is 14.1. The molecule has 1 aliphatic rings. The van der Waals surface area contributed by atoms with Crippen molar-refractivity contribution in [2.45, 2.75) is 37.6 Å². The molecule has 1 heterocycles. The van der Waals surface area contributed by atoms with Gasteiger partial charge in [-0.3, -0.25) is 0 Å². The molecular formula is C14H17IN2. The van der Waals surface area contributed by atoms with Crippen LogP contribution in [0.15, 0.2) is 24.4 Å². The zero-order valence-electron chi connectivity index (χ0n) is 9.75. The Morgan fingerprint density at radius 2 is 2.18 bits per heavy atom. The number of nitrogens with two attached hydrogens (primary N) is 1. The highest BCUT2D eigenvalue weighted by Crippen LogP contribution is 2.36. The van der Waals surface area contributed by atoms with Crippen molar-refractivity contribution in [2.75, 3.05) is 0 Å². The molecule has 0 amide bonds. The van der Waals surface area contributed by atoms with Crippen molar-refractivity contribution in [2.24, 2.45) is 5.73 Å². The lowest BCUT2D eigenvalue weighted by Crippen LogP contribution is -2.26. The summed E-state index contributed by atoms with van der Waals surface area (Å²) in [6.45, 7) is 0. The molecule has 2 aromatic rings. The molecule has 2 unspecified atom stereocenters. The monoisotopic (exact) mass is 340 g/mol. The second-order valence-corrected chi connectivity index (χ2v) is 6.30. The lowest BCUT2D eigenvalue weighted by molar-refractivity contribution is 0.395. The van der Waals surface area contributed by atoms with Crippen molar-refractivity contribution in [1.82, 2.24) is 4.98 Å². The molecule has 0 spiro atoms. The van der Waals surface area contributed by atoms with Gasteiger partial charge in [-0.25, -0.2) is 0 Å². The van der Waals surface area contributed by atoms with Crippen LogP contribution in [0.5, 0.6) is 0 Å². The summed E-state index contributed by atoms with van der Waals surface area (Å²) in [6.07, 6.45) is 7.06. The third-order valence-corrected chi connectivity index (χ3v) is 4.50. The van der Waals surface area contributed by atoms with Crippen LogP contribution in [0.1, 0.15) is 37.2 Å². The van der Waals surface area contributed by atoms with Crippen LogP contribution in [-0.4, -0.2) is 11.0 Å². The van der Waals surface area contributed by atoms with Crippen molar-refractivity contribution < 1.29 is 0 Å². The molecule has 2 nitrogen and oxygen atoms in total. The molecule has 1 aromatic heterocycles. The molecule has 0 radical (unpaired) electrons. The number of aromatic nitrogens is 1. The predicted molar refractivity (Wildman–Crippen MR) is 80.2 cm³/mol. The Hall–Kier alpha value is -0.550. The van der Waals surface area contributed by atoms with E-state index < -0.39 is 0 Å². The van der Waals surface area contributed by atoms with Gasteiger partial charge < -0.3 is 10.7 Å². The normalized spacial score (nSPS) is 25.3. The van der Waals surface area contributed by atoms with Crippen LogP contribution in [0.4, 0.5) is 0 Å². The minimum absolute atomic E-state index is 0.390. The Balaban J connectivity index is 2.01. The number of fused-ring (bicyclic) bond motifs is 1. The van der Waals surface area contributed by atoms with E-state index in [4.69, 9.17) is 5.73 Å². The molecule has 2 atom stereocenters. The first-order valence-corrected chi connectivity index (χ1v) is 7.34. The summed E-state index contributed by atoms with van der Waals surface area (Å²) in [5.74, 6) is 0.644. The summed E-state index contributed by atoms with van der Waals surface area (Å²) in [4.78, 5) is 3.38. The average Bonchev–Trinajstić information content (AvgIpc) is 2.71. The third-order valence-electron chi connectivity index (χ3n) is 3.83. The highest BCUT2D eigenvalue weighted by atomic mass is 127. The second kappa shape index (κ2) is 4.61. The molecule has 0 aliphatic heterocycles. The zero-order valence-corrected chi connectivity index (χ0v) is 11.9. The Kier molecular flexibility index (Phi) is 3.13. The number of benzene rings is 1. The van der Waals surface area contributed by atoms with E-state index >= 15 is 0 Å². The first-order valence-electron chi connectivity index (χ1n) is 6.26. The van der Waals surface area contributed by atoms with Gasteiger partial charge in [0, 0.05) is 26.7 Å². The van der Waals surface area contributed by atoms with E-state index in [0.717, 1.165) is 6.42 Å². The van der Waals surface area contributed by atoms with Gasteiger partial charge in [0.2, 0.25) is 0 Å². The van der Waals surface area contributed by atoms with Crippen molar-refractivity contribution >= 4 is 33.5 Å². The van der Waals surface area contributed by atoms with Gasteiger partial charge in [-0.2, -0.15) is 0 Å². The van der Waals surface area contributed by atoms with Crippen LogP contribution < -0.4 is 5.73 Å². The standard InChI is InChI=1S/C14H17IN2/c15-10-4-5-14-12(7-10)13(8-17-14)9-2-1-3-11(16)6-9/h4-5,7-9,11,17H,1-3,6,16H2. The molecule has 1 saturated carbocycles. The summed E-state index contributed by atoms with van der Waals surface area (Å²) < 4.78 is 1.30. The molecule has 17 heavy (non-hydrogen) atoms. The van der Waals surface area contributed by atoms with Crippen molar-refractivity contribution in [1.29, 1.82) is 0 Å². The maximum Gasteiger partial charge on any atom is 0.0457 e.